The molecule has 0 aliphatic heterocycles. The summed E-state index contributed by atoms with van der Waals surface area (Å²) in [5.41, 5.74) is 3.76. The lowest BCUT2D eigenvalue weighted by Gasteiger charge is -2.10. The SMILES string of the molecule is Cc1cccc(NC(=O)COC(=O)Cc2ccsc2)c1C. The summed E-state index contributed by atoms with van der Waals surface area (Å²) in [5, 5.41) is 6.54. The number of ether oxygens (including phenoxy) is 1. The van der Waals surface area contributed by atoms with Crippen molar-refractivity contribution in [2.45, 2.75) is 20.3 Å². The summed E-state index contributed by atoms with van der Waals surface area (Å²) < 4.78 is 4.97. The molecule has 0 radical (unpaired) electrons. The zero-order valence-corrected chi connectivity index (χ0v) is 12.8. The van der Waals surface area contributed by atoms with Gasteiger partial charge in [-0.3, -0.25) is 9.59 Å². The van der Waals surface area contributed by atoms with E-state index < -0.39 is 5.97 Å². The number of benzene rings is 1. The largest absolute Gasteiger partial charge is 0.455 e. The van der Waals surface area contributed by atoms with Crippen molar-refractivity contribution in [3.8, 4) is 0 Å². The van der Waals surface area contributed by atoms with Crippen LogP contribution in [0.2, 0.25) is 0 Å². The van der Waals surface area contributed by atoms with E-state index in [0.29, 0.717) is 0 Å². The van der Waals surface area contributed by atoms with Gasteiger partial charge in [0.25, 0.3) is 5.91 Å². The number of aryl methyl sites for hydroxylation is 1. The van der Waals surface area contributed by atoms with Gasteiger partial charge < -0.3 is 10.1 Å². The molecule has 0 atom stereocenters. The highest BCUT2D eigenvalue weighted by Crippen LogP contribution is 2.17. The van der Waals surface area contributed by atoms with Gasteiger partial charge in [-0.05, 0) is 53.4 Å². The molecule has 2 rings (SSSR count). The molecule has 1 N–H and O–H groups in total. The molecule has 0 aliphatic rings. The minimum absolute atomic E-state index is 0.195. The fourth-order valence-corrected chi connectivity index (χ4v) is 2.50. The predicted molar refractivity (Wildman–Crippen MR) is 83.5 cm³/mol. The molecular formula is C16H17NO3S. The number of thiophene rings is 1. The van der Waals surface area contributed by atoms with E-state index >= 15 is 0 Å². The van der Waals surface area contributed by atoms with E-state index in [4.69, 9.17) is 4.74 Å². The Hall–Kier alpha value is -2.14. The zero-order chi connectivity index (χ0) is 15.2. The average Bonchev–Trinajstić information content (AvgIpc) is 2.94. The Kier molecular flexibility index (Phi) is 5.11. The van der Waals surface area contributed by atoms with Crippen LogP contribution in [0.1, 0.15) is 16.7 Å². The van der Waals surface area contributed by atoms with Gasteiger partial charge in [-0.25, -0.2) is 0 Å². The van der Waals surface area contributed by atoms with E-state index in [9.17, 15) is 9.59 Å². The fraction of sp³-hybridized carbons (Fsp3) is 0.250. The Morgan fingerprint density at radius 2 is 2.05 bits per heavy atom. The number of carbonyl (C=O) groups excluding carboxylic acids is 2. The summed E-state index contributed by atoms with van der Waals surface area (Å²) in [4.78, 5) is 23.4. The topological polar surface area (TPSA) is 55.4 Å². The van der Waals surface area contributed by atoms with Crippen molar-refractivity contribution < 1.29 is 14.3 Å². The molecule has 0 aliphatic carbocycles. The van der Waals surface area contributed by atoms with Gasteiger partial charge in [0.05, 0.1) is 6.42 Å². The Bertz CT molecular complexity index is 635. The second-order valence-corrected chi connectivity index (χ2v) is 5.54. The summed E-state index contributed by atoms with van der Waals surface area (Å²) in [7, 11) is 0. The van der Waals surface area contributed by atoms with E-state index in [1.807, 2.05) is 48.9 Å². The highest BCUT2D eigenvalue weighted by atomic mass is 32.1. The first-order valence-electron chi connectivity index (χ1n) is 6.59. The number of carbonyl (C=O) groups is 2. The minimum atomic E-state index is -0.399. The third-order valence-electron chi connectivity index (χ3n) is 3.17. The van der Waals surface area contributed by atoms with Crippen LogP contribution in [0.5, 0.6) is 0 Å². The molecule has 0 spiro atoms. The first-order chi connectivity index (χ1) is 10.1. The molecule has 4 nitrogen and oxygen atoms in total. The van der Waals surface area contributed by atoms with E-state index in [-0.39, 0.29) is 18.9 Å². The summed E-state index contributed by atoms with van der Waals surface area (Å²) in [5.74, 6) is -0.730. The lowest BCUT2D eigenvalue weighted by atomic mass is 10.1. The molecule has 0 bridgehead atoms. The summed E-state index contributed by atoms with van der Waals surface area (Å²) in [6.07, 6.45) is 0.195. The van der Waals surface area contributed by atoms with Crippen LogP contribution >= 0.6 is 11.3 Å². The van der Waals surface area contributed by atoms with Crippen LogP contribution in [-0.2, 0) is 20.7 Å². The summed E-state index contributed by atoms with van der Waals surface area (Å²) in [6, 6.07) is 7.54. The van der Waals surface area contributed by atoms with E-state index in [1.165, 1.54) is 11.3 Å². The minimum Gasteiger partial charge on any atom is -0.455 e. The van der Waals surface area contributed by atoms with Crippen molar-refractivity contribution in [3.63, 3.8) is 0 Å². The Morgan fingerprint density at radius 1 is 1.24 bits per heavy atom. The maximum atomic E-state index is 11.8. The van der Waals surface area contributed by atoms with Gasteiger partial charge in [-0.15, -0.1) is 0 Å². The summed E-state index contributed by atoms with van der Waals surface area (Å²) in [6.45, 7) is 3.65. The van der Waals surface area contributed by atoms with Crippen LogP contribution < -0.4 is 5.32 Å². The fourth-order valence-electron chi connectivity index (χ4n) is 1.83. The molecule has 2 aromatic rings. The van der Waals surface area contributed by atoms with Crippen LogP contribution in [0.4, 0.5) is 5.69 Å². The van der Waals surface area contributed by atoms with Gasteiger partial charge in [0.1, 0.15) is 0 Å². The number of amides is 1. The van der Waals surface area contributed by atoms with Gasteiger partial charge in [0.2, 0.25) is 0 Å². The van der Waals surface area contributed by atoms with Crippen LogP contribution in [0, 0.1) is 13.8 Å². The molecule has 0 unspecified atom stereocenters. The molecule has 1 aromatic heterocycles. The van der Waals surface area contributed by atoms with Crippen molar-refractivity contribution in [1.82, 2.24) is 0 Å². The molecule has 1 amide bonds. The van der Waals surface area contributed by atoms with Crippen molar-refractivity contribution in [1.29, 1.82) is 0 Å². The molecule has 0 saturated heterocycles. The number of hydrogen-bond acceptors (Lipinski definition) is 4. The standard InChI is InChI=1S/C16H17NO3S/c1-11-4-3-5-14(12(11)2)17-15(18)9-20-16(19)8-13-6-7-21-10-13/h3-7,10H,8-9H2,1-2H3,(H,17,18). The second-order valence-electron chi connectivity index (χ2n) is 4.76. The third-order valence-corrected chi connectivity index (χ3v) is 3.90. The van der Waals surface area contributed by atoms with Crippen LogP contribution in [0.3, 0.4) is 0 Å². The Balaban J connectivity index is 1.82. The molecule has 1 heterocycles. The number of nitrogens with one attached hydrogen (secondary N) is 1. The van der Waals surface area contributed by atoms with Crippen molar-refractivity contribution in [2.24, 2.45) is 0 Å². The smallest absolute Gasteiger partial charge is 0.310 e. The highest BCUT2D eigenvalue weighted by Gasteiger charge is 2.10. The molecule has 0 saturated carbocycles. The molecule has 110 valence electrons. The molecular weight excluding hydrogens is 286 g/mol. The normalized spacial score (nSPS) is 10.2. The van der Waals surface area contributed by atoms with Crippen LogP contribution in [0.25, 0.3) is 0 Å². The molecule has 0 fully saturated rings. The maximum Gasteiger partial charge on any atom is 0.310 e. The Labute approximate surface area is 127 Å². The third kappa shape index (κ3) is 4.43. The zero-order valence-electron chi connectivity index (χ0n) is 12.0. The molecule has 21 heavy (non-hydrogen) atoms. The van der Waals surface area contributed by atoms with Gasteiger partial charge in [0, 0.05) is 5.69 Å². The van der Waals surface area contributed by atoms with Gasteiger partial charge in [-0.2, -0.15) is 11.3 Å². The predicted octanol–water partition coefficient (Wildman–Crippen LogP) is 3.09. The van der Waals surface area contributed by atoms with E-state index in [1.54, 1.807) is 0 Å². The summed E-state index contributed by atoms with van der Waals surface area (Å²) >= 11 is 1.52. The second kappa shape index (κ2) is 7.04. The average molecular weight is 303 g/mol. The Morgan fingerprint density at radius 3 is 2.76 bits per heavy atom. The lowest BCUT2D eigenvalue weighted by molar-refractivity contribution is -0.146. The van der Waals surface area contributed by atoms with Crippen molar-refractivity contribution in [3.05, 3.63) is 51.7 Å². The van der Waals surface area contributed by atoms with Crippen LogP contribution in [-0.4, -0.2) is 18.5 Å². The number of hydrogen-bond donors (Lipinski definition) is 1. The van der Waals surface area contributed by atoms with Crippen LogP contribution in [0.15, 0.2) is 35.0 Å². The molecule has 1 aromatic carbocycles. The van der Waals surface area contributed by atoms with Gasteiger partial charge >= 0.3 is 5.97 Å². The first kappa shape index (κ1) is 15.3. The lowest BCUT2D eigenvalue weighted by Crippen LogP contribution is -2.22. The van der Waals surface area contributed by atoms with Gasteiger partial charge in [-0.1, -0.05) is 12.1 Å². The highest BCUT2D eigenvalue weighted by molar-refractivity contribution is 7.07. The van der Waals surface area contributed by atoms with E-state index in [2.05, 4.69) is 5.32 Å². The first-order valence-corrected chi connectivity index (χ1v) is 7.53. The van der Waals surface area contributed by atoms with Crippen molar-refractivity contribution in [2.75, 3.05) is 11.9 Å². The number of rotatable bonds is 5. The monoisotopic (exact) mass is 303 g/mol. The quantitative estimate of drug-likeness (QED) is 0.864. The number of anilines is 1. The van der Waals surface area contributed by atoms with Gasteiger partial charge in [0.15, 0.2) is 6.61 Å². The number of esters is 1. The maximum absolute atomic E-state index is 11.8. The molecule has 5 heteroatoms. The van der Waals surface area contributed by atoms with Crippen molar-refractivity contribution >= 4 is 28.9 Å². The van der Waals surface area contributed by atoms with E-state index in [0.717, 1.165) is 22.4 Å².